The molecule has 0 bridgehead atoms. The summed E-state index contributed by atoms with van der Waals surface area (Å²) in [6.07, 6.45) is 1.86. The van der Waals surface area contributed by atoms with Crippen molar-refractivity contribution < 1.29 is 4.79 Å². The topological polar surface area (TPSA) is 36.1 Å². The van der Waals surface area contributed by atoms with Crippen LogP contribution >= 0.6 is 11.3 Å². The average Bonchev–Trinajstić information content (AvgIpc) is 3.07. The van der Waals surface area contributed by atoms with Crippen LogP contribution in [0.3, 0.4) is 0 Å². The first-order valence-electron chi connectivity index (χ1n) is 6.08. The summed E-state index contributed by atoms with van der Waals surface area (Å²) in [6, 6.07) is 9.81. The molecule has 1 aromatic carbocycles. The second-order valence-electron chi connectivity index (χ2n) is 4.54. The van der Waals surface area contributed by atoms with Gasteiger partial charge in [0, 0.05) is 25.2 Å². The molecule has 0 radical (unpaired) electrons. The van der Waals surface area contributed by atoms with E-state index in [4.69, 9.17) is 0 Å². The molecular formula is C15H14N2OS. The number of hydrogen-bond acceptors (Lipinski definition) is 2. The van der Waals surface area contributed by atoms with E-state index < -0.39 is 0 Å². The fourth-order valence-corrected chi connectivity index (χ4v) is 2.86. The van der Waals surface area contributed by atoms with Gasteiger partial charge in [0.1, 0.15) is 0 Å². The van der Waals surface area contributed by atoms with Gasteiger partial charge in [0.05, 0.1) is 11.1 Å². The van der Waals surface area contributed by atoms with Crippen LogP contribution in [0.2, 0.25) is 0 Å². The van der Waals surface area contributed by atoms with Crippen LogP contribution in [0.5, 0.6) is 0 Å². The van der Waals surface area contributed by atoms with Crippen LogP contribution < -0.4 is 0 Å². The Morgan fingerprint density at radius 2 is 2.21 bits per heavy atom. The van der Waals surface area contributed by atoms with E-state index in [1.807, 2.05) is 49.0 Å². The van der Waals surface area contributed by atoms with Crippen molar-refractivity contribution in [2.75, 3.05) is 7.05 Å². The summed E-state index contributed by atoms with van der Waals surface area (Å²) in [5.41, 5.74) is 2.80. The Morgan fingerprint density at radius 1 is 1.32 bits per heavy atom. The second-order valence-corrected chi connectivity index (χ2v) is 5.32. The Kier molecular flexibility index (Phi) is 3.09. The van der Waals surface area contributed by atoms with E-state index in [9.17, 15) is 4.79 Å². The van der Waals surface area contributed by atoms with Crippen LogP contribution in [0.25, 0.3) is 10.9 Å². The van der Waals surface area contributed by atoms with Crippen LogP contribution in [0.4, 0.5) is 0 Å². The van der Waals surface area contributed by atoms with E-state index in [0.29, 0.717) is 6.54 Å². The molecule has 0 fully saturated rings. The number of thiophene rings is 1. The number of rotatable bonds is 3. The largest absolute Gasteiger partial charge is 0.361 e. The van der Waals surface area contributed by atoms with Gasteiger partial charge in [0.2, 0.25) is 0 Å². The van der Waals surface area contributed by atoms with Crippen LogP contribution in [0.15, 0.2) is 47.3 Å². The number of hydrogen-bond donors (Lipinski definition) is 1. The smallest absolute Gasteiger partial charge is 0.256 e. The van der Waals surface area contributed by atoms with E-state index >= 15 is 0 Å². The molecule has 0 saturated heterocycles. The summed E-state index contributed by atoms with van der Waals surface area (Å²) in [6.45, 7) is 0.638. The fourth-order valence-electron chi connectivity index (χ4n) is 2.20. The first-order chi connectivity index (χ1) is 9.25. The Labute approximate surface area is 115 Å². The number of fused-ring (bicyclic) bond motifs is 1. The number of carbonyl (C=O) groups is 1. The van der Waals surface area contributed by atoms with Crippen molar-refractivity contribution in [1.29, 1.82) is 0 Å². The number of aromatic nitrogens is 1. The normalized spacial score (nSPS) is 10.8. The molecule has 0 atom stereocenters. The first-order valence-corrected chi connectivity index (χ1v) is 7.02. The highest BCUT2D eigenvalue weighted by Gasteiger charge is 2.15. The van der Waals surface area contributed by atoms with Gasteiger partial charge in [-0.05, 0) is 34.5 Å². The number of para-hydroxylation sites is 1. The van der Waals surface area contributed by atoms with Crippen LogP contribution in [-0.2, 0) is 6.54 Å². The van der Waals surface area contributed by atoms with Crippen molar-refractivity contribution >= 4 is 28.1 Å². The predicted molar refractivity (Wildman–Crippen MR) is 78.4 cm³/mol. The summed E-state index contributed by atoms with van der Waals surface area (Å²) < 4.78 is 0. The minimum absolute atomic E-state index is 0.0410. The molecule has 2 aromatic heterocycles. The van der Waals surface area contributed by atoms with Gasteiger partial charge in [-0.1, -0.05) is 12.1 Å². The van der Waals surface area contributed by atoms with E-state index in [1.54, 1.807) is 16.2 Å². The maximum Gasteiger partial charge on any atom is 0.256 e. The maximum atomic E-state index is 12.5. The molecule has 0 spiro atoms. The number of benzene rings is 1. The zero-order valence-corrected chi connectivity index (χ0v) is 11.4. The molecule has 0 aliphatic rings. The zero-order valence-electron chi connectivity index (χ0n) is 10.6. The van der Waals surface area contributed by atoms with Crippen molar-refractivity contribution in [3.63, 3.8) is 0 Å². The van der Waals surface area contributed by atoms with Gasteiger partial charge in [-0.3, -0.25) is 4.79 Å². The van der Waals surface area contributed by atoms with Crippen LogP contribution in [0.1, 0.15) is 15.9 Å². The third kappa shape index (κ3) is 2.27. The Bertz CT molecular complexity index is 700. The van der Waals surface area contributed by atoms with Gasteiger partial charge >= 0.3 is 0 Å². The summed E-state index contributed by atoms with van der Waals surface area (Å²) in [5.74, 6) is 0.0410. The van der Waals surface area contributed by atoms with Gasteiger partial charge in [0.25, 0.3) is 5.91 Å². The Balaban J connectivity index is 1.89. The lowest BCUT2D eigenvalue weighted by molar-refractivity contribution is 0.0787. The third-order valence-corrected chi connectivity index (χ3v) is 3.90. The van der Waals surface area contributed by atoms with Crippen molar-refractivity contribution in [3.8, 4) is 0 Å². The van der Waals surface area contributed by atoms with Crippen molar-refractivity contribution in [2.45, 2.75) is 6.54 Å². The van der Waals surface area contributed by atoms with E-state index in [-0.39, 0.29) is 5.91 Å². The monoisotopic (exact) mass is 270 g/mol. The molecule has 1 amide bonds. The molecule has 0 aliphatic heterocycles. The van der Waals surface area contributed by atoms with Gasteiger partial charge in [-0.15, -0.1) is 0 Å². The number of H-pyrrole nitrogens is 1. The zero-order chi connectivity index (χ0) is 13.2. The van der Waals surface area contributed by atoms with Gasteiger partial charge in [0.15, 0.2) is 0 Å². The summed E-state index contributed by atoms with van der Waals surface area (Å²) in [7, 11) is 1.84. The van der Waals surface area contributed by atoms with Crippen LogP contribution in [0, 0.1) is 0 Å². The molecule has 0 unspecified atom stereocenters. The first kappa shape index (κ1) is 12.0. The molecule has 1 N–H and O–H groups in total. The molecule has 3 rings (SSSR count). The maximum absolute atomic E-state index is 12.5. The van der Waals surface area contributed by atoms with Crippen molar-refractivity contribution in [2.24, 2.45) is 0 Å². The molecular weight excluding hydrogens is 256 g/mol. The summed E-state index contributed by atoms with van der Waals surface area (Å²) in [4.78, 5) is 17.4. The molecule has 0 aliphatic carbocycles. The number of nitrogens with zero attached hydrogens (tertiary/aromatic N) is 1. The van der Waals surface area contributed by atoms with Gasteiger partial charge in [-0.2, -0.15) is 11.3 Å². The summed E-state index contributed by atoms with van der Waals surface area (Å²) >= 11 is 1.65. The lowest BCUT2D eigenvalue weighted by atomic mass is 10.1. The second kappa shape index (κ2) is 4.90. The molecule has 3 aromatic rings. The fraction of sp³-hybridized carbons (Fsp3) is 0.133. The standard InChI is InChI=1S/C15H14N2OS/c1-17(9-11-6-8-19-10-11)15(18)13-4-2-3-12-5-7-16-14(12)13/h2-8,10,16H,9H2,1H3. The van der Waals surface area contributed by atoms with Gasteiger partial charge < -0.3 is 9.88 Å². The Morgan fingerprint density at radius 3 is 3.00 bits per heavy atom. The Hall–Kier alpha value is -2.07. The molecule has 0 saturated carbocycles. The van der Waals surface area contributed by atoms with E-state index in [1.165, 1.54) is 5.56 Å². The van der Waals surface area contributed by atoms with E-state index in [0.717, 1.165) is 16.5 Å². The highest BCUT2D eigenvalue weighted by atomic mass is 32.1. The lowest BCUT2D eigenvalue weighted by Crippen LogP contribution is -2.26. The van der Waals surface area contributed by atoms with Crippen molar-refractivity contribution in [3.05, 3.63) is 58.4 Å². The van der Waals surface area contributed by atoms with Gasteiger partial charge in [-0.25, -0.2) is 0 Å². The predicted octanol–water partition coefficient (Wildman–Crippen LogP) is 3.50. The molecule has 3 nitrogen and oxygen atoms in total. The number of carbonyl (C=O) groups excluding carboxylic acids is 1. The lowest BCUT2D eigenvalue weighted by Gasteiger charge is -2.17. The highest BCUT2D eigenvalue weighted by Crippen LogP contribution is 2.19. The van der Waals surface area contributed by atoms with Crippen molar-refractivity contribution in [1.82, 2.24) is 9.88 Å². The average molecular weight is 270 g/mol. The van der Waals surface area contributed by atoms with Crippen LogP contribution in [-0.4, -0.2) is 22.8 Å². The molecule has 4 heteroatoms. The third-order valence-electron chi connectivity index (χ3n) is 3.16. The molecule has 19 heavy (non-hydrogen) atoms. The number of nitrogens with one attached hydrogen (secondary N) is 1. The highest BCUT2D eigenvalue weighted by molar-refractivity contribution is 7.07. The number of aromatic amines is 1. The summed E-state index contributed by atoms with van der Waals surface area (Å²) in [5, 5.41) is 5.16. The molecule has 96 valence electrons. The minimum Gasteiger partial charge on any atom is -0.361 e. The quantitative estimate of drug-likeness (QED) is 0.777. The molecule has 2 heterocycles. The number of amides is 1. The minimum atomic E-state index is 0.0410. The SMILES string of the molecule is CN(Cc1ccsc1)C(=O)c1cccc2cc[nH]c12. The van der Waals surface area contributed by atoms with E-state index in [2.05, 4.69) is 10.4 Å².